The molecule has 0 saturated heterocycles. The van der Waals surface area contributed by atoms with Crippen molar-refractivity contribution in [2.45, 2.75) is 24.9 Å². The van der Waals surface area contributed by atoms with Crippen LogP contribution >= 0.6 is 11.8 Å². The molecule has 0 spiro atoms. The first kappa shape index (κ1) is 28.5. The van der Waals surface area contributed by atoms with Crippen molar-refractivity contribution in [1.82, 2.24) is 10.6 Å². The van der Waals surface area contributed by atoms with E-state index in [2.05, 4.69) is 10.6 Å². The predicted molar refractivity (Wildman–Crippen MR) is 104 cm³/mol. The van der Waals surface area contributed by atoms with Gasteiger partial charge in [-0.3, -0.25) is 19.2 Å². The van der Waals surface area contributed by atoms with Crippen molar-refractivity contribution in [3.63, 3.8) is 0 Å². The first-order valence-electron chi connectivity index (χ1n) is 8.67. The lowest BCUT2D eigenvalue weighted by Gasteiger charge is -2.18. The van der Waals surface area contributed by atoms with E-state index < -0.39 is 52.7 Å². The number of carboxylic acid groups (broad SMARTS) is 2. The van der Waals surface area contributed by atoms with Crippen LogP contribution in [-0.2, 0) is 19.2 Å². The standard InChI is InChI=1S/C17H22N4O8S.BrH/c18-11(16(26)27)6-7-13(22)20-12(15(25)19-8-14(23)24)9-30-17(28)21(29)10-4-2-1-3-5-10;/h1-5,11-12,29H,6-9,18H2,(H,19,25)(H,20,22)(H,23,24)(H,26,27);1H. The Labute approximate surface area is 191 Å². The number of carboxylic acids is 2. The van der Waals surface area contributed by atoms with Gasteiger partial charge in [0.2, 0.25) is 11.8 Å². The zero-order chi connectivity index (χ0) is 22.7. The molecule has 1 aromatic carbocycles. The van der Waals surface area contributed by atoms with Gasteiger partial charge >= 0.3 is 17.2 Å². The smallest absolute Gasteiger partial charge is 0.410 e. The van der Waals surface area contributed by atoms with Gasteiger partial charge < -0.3 is 43.6 Å². The van der Waals surface area contributed by atoms with Crippen LogP contribution in [0.2, 0.25) is 0 Å². The Hall–Kier alpha value is -2.52. The normalized spacial score (nSPS) is 13.1. The molecule has 14 heteroatoms. The van der Waals surface area contributed by atoms with Gasteiger partial charge in [-0.15, -0.1) is 0 Å². The van der Waals surface area contributed by atoms with E-state index in [0.717, 1.165) is 0 Å². The zero-order valence-electron chi connectivity index (χ0n) is 16.1. The van der Waals surface area contributed by atoms with Gasteiger partial charge in [0.15, 0.2) is 5.69 Å². The summed E-state index contributed by atoms with van der Waals surface area (Å²) in [6, 6.07) is 5.40. The van der Waals surface area contributed by atoms with Crippen LogP contribution in [0.4, 0.5) is 10.5 Å². The van der Waals surface area contributed by atoms with E-state index in [-0.39, 0.29) is 41.3 Å². The summed E-state index contributed by atoms with van der Waals surface area (Å²) >= 11 is 0.554. The van der Waals surface area contributed by atoms with Crippen LogP contribution in [0.5, 0.6) is 0 Å². The summed E-state index contributed by atoms with van der Waals surface area (Å²) in [6.07, 6.45) is -0.477. The number of thioether (sulfide) groups is 1. The van der Waals surface area contributed by atoms with Gasteiger partial charge in [0.05, 0.1) is 0 Å². The molecule has 0 saturated carbocycles. The Morgan fingerprint density at radius 2 is 1.71 bits per heavy atom. The molecule has 8 N–H and O–H groups in total. The highest BCUT2D eigenvalue weighted by atomic mass is 79.9. The van der Waals surface area contributed by atoms with Crippen LogP contribution in [0.1, 0.15) is 12.8 Å². The second-order valence-electron chi connectivity index (χ2n) is 6.03. The Bertz CT molecular complexity index is 783. The van der Waals surface area contributed by atoms with E-state index in [1.165, 1.54) is 12.1 Å². The average molecular weight is 523 g/mol. The fraction of sp³-hybridized carbons (Fsp3) is 0.353. The molecule has 0 aromatic heterocycles. The van der Waals surface area contributed by atoms with Crippen LogP contribution < -0.4 is 38.4 Å². The third kappa shape index (κ3) is 10.9. The number of hydrogen-bond acceptors (Lipinski definition) is 8. The lowest BCUT2D eigenvalue weighted by Crippen LogP contribution is -3.06. The molecule has 1 aromatic rings. The van der Waals surface area contributed by atoms with Gasteiger partial charge in [0, 0.05) is 24.3 Å². The Morgan fingerprint density at radius 3 is 2.26 bits per heavy atom. The first-order chi connectivity index (χ1) is 14.1. The van der Waals surface area contributed by atoms with Crippen LogP contribution in [-0.4, -0.2) is 68.8 Å². The molecule has 31 heavy (non-hydrogen) atoms. The summed E-state index contributed by atoms with van der Waals surface area (Å²) in [5.41, 5.74) is 5.59. The predicted octanol–water partition coefficient (Wildman–Crippen LogP) is -4.67. The lowest BCUT2D eigenvalue weighted by molar-refractivity contribution is -0.957. The van der Waals surface area contributed by atoms with Crippen molar-refractivity contribution in [3.8, 4) is 0 Å². The molecular weight excluding hydrogens is 500 g/mol. The number of benzene rings is 1. The Kier molecular flexibility index (Phi) is 13.3. The van der Waals surface area contributed by atoms with E-state index in [9.17, 15) is 29.2 Å². The minimum Gasteiger partial charge on any atom is -1.00 e. The van der Waals surface area contributed by atoms with E-state index in [4.69, 9.17) is 15.9 Å². The van der Waals surface area contributed by atoms with Crippen molar-refractivity contribution in [2.24, 2.45) is 5.73 Å². The largest absolute Gasteiger partial charge is 1.00 e. The summed E-state index contributed by atoms with van der Waals surface area (Å²) < 4.78 is 0. The summed E-state index contributed by atoms with van der Waals surface area (Å²) in [4.78, 5) is 57.7. The third-order valence-corrected chi connectivity index (χ3v) is 4.64. The second-order valence-corrected chi connectivity index (χ2v) is 7.02. The maximum absolute atomic E-state index is 12.2. The first-order valence-corrected chi connectivity index (χ1v) is 9.66. The number of amides is 3. The fourth-order valence-corrected chi connectivity index (χ4v) is 2.89. The number of rotatable bonds is 11. The number of para-hydroxylation sites is 1. The number of carbonyl (C=O) groups excluding carboxylic acids is 3. The van der Waals surface area contributed by atoms with Crippen LogP contribution in [0, 0.1) is 0 Å². The molecule has 0 bridgehead atoms. The highest BCUT2D eigenvalue weighted by Gasteiger charge is 2.27. The molecule has 3 unspecified atom stereocenters. The third-order valence-electron chi connectivity index (χ3n) is 3.69. The van der Waals surface area contributed by atoms with Crippen LogP contribution in [0.3, 0.4) is 0 Å². The van der Waals surface area contributed by atoms with E-state index in [1.54, 1.807) is 18.2 Å². The molecule has 0 aliphatic heterocycles. The van der Waals surface area contributed by atoms with Gasteiger partial charge in [-0.05, 0) is 18.2 Å². The molecule has 0 aliphatic carbocycles. The lowest BCUT2D eigenvalue weighted by atomic mass is 10.1. The average Bonchev–Trinajstić information content (AvgIpc) is 2.72. The Morgan fingerprint density at radius 1 is 1.10 bits per heavy atom. The van der Waals surface area contributed by atoms with Crippen molar-refractivity contribution in [1.29, 1.82) is 0 Å². The van der Waals surface area contributed by atoms with Crippen molar-refractivity contribution >= 4 is 46.4 Å². The van der Waals surface area contributed by atoms with Crippen LogP contribution in [0.15, 0.2) is 30.3 Å². The topological polar surface area (TPSA) is 201 Å². The molecule has 3 amide bonds. The molecule has 1 rings (SSSR count). The molecular formula is C17H23BrN4O8S. The molecule has 0 fully saturated rings. The maximum atomic E-state index is 12.2. The monoisotopic (exact) mass is 522 g/mol. The molecule has 0 aliphatic rings. The molecule has 3 atom stereocenters. The second kappa shape index (κ2) is 14.5. The number of hydrogen-bond donors (Lipinski definition) is 7. The van der Waals surface area contributed by atoms with Gasteiger partial charge in [-0.2, -0.15) is 0 Å². The van der Waals surface area contributed by atoms with Gasteiger partial charge in [-0.25, -0.2) is 10.0 Å². The molecule has 0 radical (unpaired) electrons. The van der Waals surface area contributed by atoms with E-state index in [0.29, 0.717) is 11.8 Å². The van der Waals surface area contributed by atoms with Gasteiger partial charge in [-0.1, -0.05) is 23.3 Å². The Balaban J connectivity index is 0.00000900. The quantitative estimate of drug-likeness (QED) is 0.109. The van der Waals surface area contributed by atoms with Crippen molar-refractivity contribution < 1.29 is 61.4 Å². The van der Waals surface area contributed by atoms with Crippen molar-refractivity contribution in [3.05, 3.63) is 30.3 Å². The maximum Gasteiger partial charge on any atom is 0.410 e. The van der Waals surface area contributed by atoms with Gasteiger partial charge in [0.1, 0.15) is 18.6 Å². The number of nitrogens with two attached hydrogens (primary N) is 1. The molecule has 172 valence electrons. The summed E-state index contributed by atoms with van der Waals surface area (Å²) in [5.74, 6) is -4.44. The fourth-order valence-electron chi connectivity index (χ4n) is 2.09. The number of quaternary nitrogens is 1. The van der Waals surface area contributed by atoms with Crippen molar-refractivity contribution in [2.75, 3.05) is 12.3 Å². The highest BCUT2D eigenvalue weighted by Crippen LogP contribution is 2.07. The number of halogens is 1. The molecule has 0 heterocycles. The summed E-state index contributed by atoms with van der Waals surface area (Å²) in [5, 5.41) is 30.5. The van der Waals surface area contributed by atoms with E-state index >= 15 is 0 Å². The van der Waals surface area contributed by atoms with Crippen LogP contribution in [0.25, 0.3) is 0 Å². The summed E-state index contributed by atoms with van der Waals surface area (Å²) in [6.45, 7) is -0.699. The van der Waals surface area contributed by atoms with E-state index in [1.807, 2.05) is 0 Å². The highest BCUT2D eigenvalue weighted by molar-refractivity contribution is 8.13. The summed E-state index contributed by atoms with van der Waals surface area (Å²) in [7, 11) is 0. The number of hydroxylamine groups is 1. The number of nitrogens with one attached hydrogen (secondary N) is 3. The van der Waals surface area contributed by atoms with Gasteiger partial charge in [0.25, 0.3) is 0 Å². The zero-order valence-corrected chi connectivity index (χ0v) is 18.5. The minimum absolute atomic E-state index is 0. The molecule has 12 nitrogen and oxygen atoms in total. The minimum atomic E-state index is -1.31. The number of aliphatic carboxylic acids is 2. The number of carbonyl (C=O) groups is 5. The SMILES string of the molecule is NC(CCC(=O)NC(CSC(=O)[NH+](O)c1ccccc1)C(=O)NCC(=O)O)C(=O)O.[Br-].